The maximum absolute atomic E-state index is 12.0. The van der Waals surface area contributed by atoms with Crippen molar-refractivity contribution in [1.82, 2.24) is 0 Å². The molecule has 0 fully saturated rings. The van der Waals surface area contributed by atoms with Crippen LogP contribution < -0.4 is 22.5 Å². The molecule has 0 aliphatic heterocycles. The normalized spacial score (nSPS) is 10.0. The van der Waals surface area contributed by atoms with Crippen LogP contribution in [0.15, 0.2) is 42.5 Å². The third kappa shape index (κ3) is 2.86. The number of carbonyl (C=O) groups excluding carboxylic acids is 2. The predicted octanol–water partition coefficient (Wildman–Crippen LogP) is 1.20. The van der Waals surface area contributed by atoms with Crippen molar-refractivity contribution in [3.63, 3.8) is 0 Å². The van der Waals surface area contributed by atoms with Crippen LogP contribution in [0.4, 0.5) is 17.1 Å². The van der Waals surface area contributed by atoms with E-state index in [0.717, 1.165) is 0 Å². The van der Waals surface area contributed by atoms with Crippen molar-refractivity contribution in [1.29, 1.82) is 0 Å². The van der Waals surface area contributed by atoms with Crippen molar-refractivity contribution >= 4 is 28.9 Å². The van der Waals surface area contributed by atoms with Crippen LogP contribution in [-0.2, 0) is 0 Å². The third-order valence-corrected chi connectivity index (χ3v) is 2.75. The molecule has 0 aliphatic carbocycles. The first kappa shape index (κ1) is 13.4. The summed E-state index contributed by atoms with van der Waals surface area (Å²) in [6, 6.07) is 11.0. The van der Waals surface area contributed by atoms with Gasteiger partial charge in [0.05, 0.1) is 5.56 Å². The molecule has 102 valence electrons. The largest absolute Gasteiger partial charge is 0.399 e. The minimum absolute atomic E-state index is 0.167. The molecule has 0 heterocycles. The molecule has 0 saturated carbocycles. The number of amides is 2. The van der Waals surface area contributed by atoms with Crippen LogP contribution in [0, 0.1) is 0 Å². The summed E-state index contributed by atoms with van der Waals surface area (Å²) in [5, 5.41) is 2.66. The Labute approximate surface area is 115 Å². The zero-order valence-electron chi connectivity index (χ0n) is 10.6. The Morgan fingerprint density at radius 2 is 1.60 bits per heavy atom. The molecule has 0 spiro atoms. The van der Waals surface area contributed by atoms with Gasteiger partial charge < -0.3 is 22.5 Å². The molecule has 0 atom stereocenters. The third-order valence-electron chi connectivity index (χ3n) is 2.75. The van der Waals surface area contributed by atoms with Gasteiger partial charge in [0.2, 0.25) is 0 Å². The Morgan fingerprint density at radius 1 is 0.950 bits per heavy atom. The molecule has 0 saturated heterocycles. The molecular formula is C14H14N4O2. The Balaban J connectivity index is 2.21. The minimum Gasteiger partial charge on any atom is -0.399 e. The van der Waals surface area contributed by atoms with Crippen LogP contribution in [0.25, 0.3) is 0 Å². The van der Waals surface area contributed by atoms with Crippen LogP contribution in [-0.4, -0.2) is 11.8 Å². The molecule has 0 aromatic heterocycles. The first-order valence-corrected chi connectivity index (χ1v) is 5.83. The van der Waals surface area contributed by atoms with Gasteiger partial charge in [0, 0.05) is 22.6 Å². The molecule has 0 aliphatic rings. The summed E-state index contributed by atoms with van der Waals surface area (Å²) in [6.07, 6.45) is 0. The fraction of sp³-hybridized carbons (Fsp3) is 0. The first-order chi connectivity index (χ1) is 9.47. The highest BCUT2D eigenvalue weighted by atomic mass is 16.2. The standard InChI is InChI=1S/C14H14N4O2/c15-9-3-1-8(2-4-9)14(20)18-10-5-6-12(16)11(7-10)13(17)19/h1-7H,15-16H2,(H2,17,19)(H,18,20). The van der Waals surface area contributed by atoms with Crippen molar-refractivity contribution in [3.05, 3.63) is 53.6 Å². The predicted molar refractivity (Wildman–Crippen MR) is 78.2 cm³/mol. The van der Waals surface area contributed by atoms with E-state index >= 15 is 0 Å². The highest BCUT2D eigenvalue weighted by Crippen LogP contribution is 2.18. The number of hydrogen-bond donors (Lipinski definition) is 4. The summed E-state index contributed by atoms with van der Waals surface area (Å²) in [4.78, 5) is 23.2. The molecule has 0 radical (unpaired) electrons. The summed E-state index contributed by atoms with van der Waals surface area (Å²) in [5.74, 6) is -0.962. The average Bonchev–Trinajstić information content (AvgIpc) is 2.41. The van der Waals surface area contributed by atoms with Crippen LogP contribution in [0.3, 0.4) is 0 Å². The number of hydrogen-bond acceptors (Lipinski definition) is 4. The van der Waals surface area contributed by atoms with Crippen LogP contribution in [0.1, 0.15) is 20.7 Å². The lowest BCUT2D eigenvalue weighted by Crippen LogP contribution is -2.16. The molecule has 2 rings (SSSR count). The molecule has 20 heavy (non-hydrogen) atoms. The van der Waals surface area contributed by atoms with Gasteiger partial charge in [0.1, 0.15) is 0 Å². The first-order valence-electron chi connectivity index (χ1n) is 5.83. The topological polar surface area (TPSA) is 124 Å². The van der Waals surface area contributed by atoms with Gasteiger partial charge in [-0.3, -0.25) is 9.59 Å². The quantitative estimate of drug-likeness (QED) is 0.625. The maximum atomic E-state index is 12.0. The highest BCUT2D eigenvalue weighted by molar-refractivity contribution is 6.06. The summed E-state index contributed by atoms with van der Waals surface area (Å²) < 4.78 is 0. The maximum Gasteiger partial charge on any atom is 0.255 e. The van der Waals surface area contributed by atoms with Gasteiger partial charge in [0.15, 0.2) is 0 Å². The van der Waals surface area contributed by atoms with E-state index in [4.69, 9.17) is 17.2 Å². The average molecular weight is 270 g/mol. The number of benzene rings is 2. The van der Waals surface area contributed by atoms with E-state index in [2.05, 4.69) is 5.32 Å². The van der Waals surface area contributed by atoms with Crippen LogP contribution in [0.5, 0.6) is 0 Å². The van der Waals surface area contributed by atoms with Gasteiger partial charge in [-0.15, -0.1) is 0 Å². The summed E-state index contributed by atoms with van der Waals surface area (Å²) >= 11 is 0. The number of primary amides is 1. The van der Waals surface area contributed by atoms with Gasteiger partial charge in [-0.1, -0.05) is 0 Å². The summed E-state index contributed by atoms with van der Waals surface area (Å²) in [7, 11) is 0. The van der Waals surface area contributed by atoms with Crippen molar-refractivity contribution in [2.75, 3.05) is 16.8 Å². The number of anilines is 3. The molecular weight excluding hydrogens is 256 g/mol. The van der Waals surface area contributed by atoms with Crippen molar-refractivity contribution in [2.24, 2.45) is 5.73 Å². The summed E-state index contributed by atoms with van der Waals surface area (Å²) in [6.45, 7) is 0. The van der Waals surface area contributed by atoms with E-state index in [1.54, 1.807) is 30.3 Å². The molecule has 2 aromatic rings. The second-order valence-electron chi connectivity index (χ2n) is 4.24. The van der Waals surface area contributed by atoms with Crippen molar-refractivity contribution in [2.45, 2.75) is 0 Å². The Bertz CT molecular complexity index is 665. The second kappa shape index (κ2) is 5.31. The lowest BCUT2D eigenvalue weighted by molar-refractivity contribution is 0.0997. The fourth-order valence-corrected chi connectivity index (χ4v) is 1.69. The van der Waals surface area contributed by atoms with Gasteiger partial charge >= 0.3 is 0 Å². The number of rotatable bonds is 3. The van der Waals surface area contributed by atoms with E-state index in [0.29, 0.717) is 16.9 Å². The molecule has 0 bridgehead atoms. The molecule has 0 unspecified atom stereocenters. The van der Waals surface area contributed by atoms with Crippen molar-refractivity contribution < 1.29 is 9.59 Å². The van der Waals surface area contributed by atoms with E-state index in [-0.39, 0.29) is 17.2 Å². The SMILES string of the molecule is NC(=O)c1cc(NC(=O)c2ccc(N)cc2)ccc1N. The summed E-state index contributed by atoms with van der Waals surface area (Å²) in [5.41, 5.74) is 18.3. The molecule has 7 N–H and O–H groups in total. The number of nitrogens with one attached hydrogen (secondary N) is 1. The zero-order chi connectivity index (χ0) is 14.7. The molecule has 6 heteroatoms. The van der Waals surface area contributed by atoms with Gasteiger partial charge in [0.25, 0.3) is 11.8 Å². The van der Waals surface area contributed by atoms with Gasteiger partial charge in [-0.25, -0.2) is 0 Å². The van der Waals surface area contributed by atoms with Gasteiger partial charge in [-0.05, 0) is 42.5 Å². The van der Waals surface area contributed by atoms with Crippen LogP contribution >= 0.6 is 0 Å². The smallest absolute Gasteiger partial charge is 0.255 e. The molecule has 2 amide bonds. The Morgan fingerprint density at radius 3 is 2.20 bits per heavy atom. The fourth-order valence-electron chi connectivity index (χ4n) is 1.69. The number of nitrogen functional groups attached to an aromatic ring is 2. The zero-order valence-corrected chi connectivity index (χ0v) is 10.6. The van der Waals surface area contributed by atoms with Crippen molar-refractivity contribution in [3.8, 4) is 0 Å². The van der Waals surface area contributed by atoms with Gasteiger partial charge in [-0.2, -0.15) is 0 Å². The van der Waals surface area contributed by atoms with Crippen LogP contribution in [0.2, 0.25) is 0 Å². The van der Waals surface area contributed by atoms with E-state index < -0.39 is 5.91 Å². The second-order valence-corrected chi connectivity index (χ2v) is 4.24. The lowest BCUT2D eigenvalue weighted by Gasteiger charge is -2.08. The lowest BCUT2D eigenvalue weighted by atomic mass is 10.1. The Hall–Kier alpha value is -3.02. The van der Waals surface area contributed by atoms with E-state index in [9.17, 15) is 9.59 Å². The molecule has 6 nitrogen and oxygen atoms in total. The van der Waals surface area contributed by atoms with E-state index in [1.165, 1.54) is 12.1 Å². The minimum atomic E-state index is -0.647. The number of carbonyl (C=O) groups is 2. The van der Waals surface area contributed by atoms with E-state index in [1.807, 2.05) is 0 Å². The Kier molecular flexibility index (Phi) is 3.56. The molecule has 2 aromatic carbocycles. The monoisotopic (exact) mass is 270 g/mol. The number of nitrogens with two attached hydrogens (primary N) is 3. The highest BCUT2D eigenvalue weighted by Gasteiger charge is 2.10.